The molecule has 32 heavy (non-hydrogen) atoms. The lowest BCUT2D eigenvalue weighted by atomic mass is 9.83. The van der Waals surface area contributed by atoms with Crippen LogP contribution >= 0.6 is 0 Å². The third kappa shape index (κ3) is 3.48. The SMILES string of the molecule is COC(=O)/C=C/c1ccc2c3c(ccc2c1)OC(c1ccccc1)(c1ccccc1)C=C3. The Hall–Kier alpha value is -4.11. The monoisotopic (exact) mass is 418 g/mol. The highest BCUT2D eigenvalue weighted by Gasteiger charge is 2.37. The molecule has 0 amide bonds. The predicted octanol–water partition coefficient (Wildman–Crippen LogP) is 6.38. The number of esters is 1. The average molecular weight is 418 g/mol. The summed E-state index contributed by atoms with van der Waals surface area (Å²) in [5.74, 6) is 0.468. The van der Waals surface area contributed by atoms with E-state index < -0.39 is 5.60 Å². The molecule has 0 N–H and O–H groups in total. The van der Waals surface area contributed by atoms with Gasteiger partial charge >= 0.3 is 5.97 Å². The van der Waals surface area contributed by atoms with Crippen LogP contribution in [0.3, 0.4) is 0 Å². The van der Waals surface area contributed by atoms with Gasteiger partial charge in [0, 0.05) is 22.8 Å². The molecule has 0 fully saturated rings. The van der Waals surface area contributed by atoms with E-state index in [9.17, 15) is 4.79 Å². The molecular weight excluding hydrogens is 396 g/mol. The van der Waals surface area contributed by atoms with E-state index >= 15 is 0 Å². The number of carbonyl (C=O) groups is 1. The standard InChI is InChI=1S/C29H22O3/c1-31-28(30)17-13-21-12-15-25-22(20-21)14-16-27-26(25)18-19-29(32-27,23-8-4-2-5-9-23)24-10-6-3-7-11-24/h2-20H,1H3/b17-13+. The van der Waals surface area contributed by atoms with Gasteiger partial charge in [0.05, 0.1) is 7.11 Å². The molecule has 0 aromatic heterocycles. The predicted molar refractivity (Wildman–Crippen MR) is 128 cm³/mol. The lowest BCUT2D eigenvalue weighted by molar-refractivity contribution is -0.134. The van der Waals surface area contributed by atoms with Crippen molar-refractivity contribution in [2.75, 3.05) is 7.11 Å². The van der Waals surface area contributed by atoms with Gasteiger partial charge in [0.2, 0.25) is 0 Å². The molecule has 5 rings (SSSR count). The van der Waals surface area contributed by atoms with E-state index in [1.807, 2.05) is 48.5 Å². The van der Waals surface area contributed by atoms with E-state index in [0.29, 0.717) is 0 Å². The van der Waals surface area contributed by atoms with Crippen LogP contribution in [0, 0.1) is 0 Å². The Morgan fingerprint density at radius 3 is 2.22 bits per heavy atom. The molecule has 3 nitrogen and oxygen atoms in total. The molecular formula is C29H22O3. The van der Waals surface area contributed by atoms with Crippen molar-refractivity contribution in [3.05, 3.63) is 125 Å². The lowest BCUT2D eigenvalue weighted by Gasteiger charge is -2.36. The van der Waals surface area contributed by atoms with E-state index in [4.69, 9.17) is 4.74 Å². The molecule has 0 saturated carbocycles. The highest BCUT2D eigenvalue weighted by atomic mass is 16.5. The van der Waals surface area contributed by atoms with Crippen molar-refractivity contribution in [1.29, 1.82) is 0 Å². The molecule has 0 radical (unpaired) electrons. The fourth-order valence-corrected chi connectivity index (χ4v) is 4.21. The van der Waals surface area contributed by atoms with Gasteiger partial charge in [0.25, 0.3) is 0 Å². The van der Waals surface area contributed by atoms with E-state index in [0.717, 1.165) is 38.8 Å². The first-order valence-electron chi connectivity index (χ1n) is 10.5. The summed E-state index contributed by atoms with van der Waals surface area (Å²) in [6, 6.07) is 30.8. The fraction of sp³-hybridized carbons (Fsp3) is 0.0690. The molecule has 1 aliphatic heterocycles. The van der Waals surface area contributed by atoms with Gasteiger partial charge in [-0.3, -0.25) is 0 Å². The Balaban J connectivity index is 1.60. The zero-order valence-corrected chi connectivity index (χ0v) is 17.7. The van der Waals surface area contributed by atoms with Crippen molar-refractivity contribution in [2.45, 2.75) is 5.60 Å². The highest BCUT2D eigenvalue weighted by Crippen LogP contribution is 2.44. The van der Waals surface area contributed by atoms with Gasteiger partial charge in [-0.1, -0.05) is 78.9 Å². The molecule has 0 atom stereocenters. The van der Waals surface area contributed by atoms with Gasteiger partial charge in [0.15, 0.2) is 5.60 Å². The van der Waals surface area contributed by atoms with E-state index in [1.165, 1.54) is 13.2 Å². The van der Waals surface area contributed by atoms with Gasteiger partial charge in [0.1, 0.15) is 5.75 Å². The molecule has 1 heterocycles. The van der Waals surface area contributed by atoms with Crippen LogP contribution in [-0.4, -0.2) is 13.1 Å². The maximum absolute atomic E-state index is 11.4. The minimum atomic E-state index is -0.688. The molecule has 3 heteroatoms. The molecule has 156 valence electrons. The second kappa shape index (κ2) is 8.20. The molecule has 0 spiro atoms. The van der Waals surface area contributed by atoms with Crippen molar-refractivity contribution in [2.24, 2.45) is 0 Å². The number of hydrogen-bond donors (Lipinski definition) is 0. The normalized spacial score (nSPS) is 14.2. The first-order chi connectivity index (χ1) is 15.7. The summed E-state index contributed by atoms with van der Waals surface area (Å²) in [7, 11) is 1.37. The zero-order chi connectivity index (χ0) is 22.0. The topological polar surface area (TPSA) is 35.5 Å². The minimum absolute atomic E-state index is 0.370. The Kier molecular flexibility index (Phi) is 5.08. The largest absolute Gasteiger partial charge is 0.473 e. The van der Waals surface area contributed by atoms with E-state index in [2.05, 4.69) is 59.4 Å². The van der Waals surface area contributed by atoms with Crippen LogP contribution < -0.4 is 4.74 Å². The average Bonchev–Trinajstić information content (AvgIpc) is 2.87. The third-order valence-electron chi connectivity index (χ3n) is 5.82. The zero-order valence-electron chi connectivity index (χ0n) is 17.7. The van der Waals surface area contributed by atoms with E-state index in [1.54, 1.807) is 6.08 Å². The van der Waals surface area contributed by atoms with Gasteiger partial charge in [-0.15, -0.1) is 0 Å². The van der Waals surface area contributed by atoms with Crippen LogP contribution in [0.5, 0.6) is 5.75 Å². The molecule has 4 aromatic carbocycles. The summed E-state index contributed by atoms with van der Waals surface area (Å²) in [6.45, 7) is 0. The number of hydrogen-bond acceptors (Lipinski definition) is 3. The number of ether oxygens (including phenoxy) is 2. The first kappa shape index (κ1) is 19.8. The first-order valence-corrected chi connectivity index (χ1v) is 10.5. The van der Waals surface area contributed by atoms with Gasteiger partial charge in [-0.25, -0.2) is 4.79 Å². The number of fused-ring (bicyclic) bond motifs is 3. The van der Waals surface area contributed by atoms with Gasteiger partial charge in [-0.05, 0) is 46.7 Å². The minimum Gasteiger partial charge on any atom is -0.473 e. The number of rotatable bonds is 4. The van der Waals surface area contributed by atoms with Crippen molar-refractivity contribution in [1.82, 2.24) is 0 Å². The smallest absolute Gasteiger partial charge is 0.330 e. The summed E-state index contributed by atoms with van der Waals surface area (Å²) in [4.78, 5) is 11.4. The second-order valence-corrected chi connectivity index (χ2v) is 7.72. The quantitative estimate of drug-likeness (QED) is 0.285. The van der Waals surface area contributed by atoms with Crippen LogP contribution in [0.1, 0.15) is 22.3 Å². The third-order valence-corrected chi connectivity index (χ3v) is 5.82. The Bertz CT molecular complexity index is 1300. The maximum atomic E-state index is 11.4. The summed E-state index contributed by atoms with van der Waals surface area (Å²) >= 11 is 0. The fourth-order valence-electron chi connectivity index (χ4n) is 4.21. The second-order valence-electron chi connectivity index (χ2n) is 7.72. The Morgan fingerprint density at radius 2 is 1.56 bits per heavy atom. The number of benzene rings is 4. The van der Waals surface area contributed by atoms with Crippen LogP contribution in [0.4, 0.5) is 0 Å². The van der Waals surface area contributed by atoms with Crippen LogP contribution in [0.2, 0.25) is 0 Å². The Morgan fingerprint density at radius 1 is 0.875 bits per heavy atom. The summed E-state index contributed by atoms with van der Waals surface area (Å²) in [6.07, 6.45) is 7.49. The molecule has 0 saturated heterocycles. The molecule has 0 unspecified atom stereocenters. The number of carbonyl (C=O) groups excluding carboxylic acids is 1. The van der Waals surface area contributed by atoms with Crippen LogP contribution in [0.25, 0.3) is 22.9 Å². The van der Waals surface area contributed by atoms with Crippen molar-refractivity contribution in [3.63, 3.8) is 0 Å². The molecule has 4 aromatic rings. The Labute approximate surface area is 187 Å². The molecule has 1 aliphatic rings. The summed E-state index contributed by atoms with van der Waals surface area (Å²) < 4.78 is 11.4. The highest BCUT2D eigenvalue weighted by molar-refractivity contribution is 5.96. The number of methoxy groups -OCH3 is 1. The summed E-state index contributed by atoms with van der Waals surface area (Å²) in [5.41, 5.74) is 3.46. The van der Waals surface area contributed by atoms with E-state index in [-0.39, 0.29) is 5.97 Å². The van der Waals surface area contributed by atoms with Crippen molar-refractivity contribution >= 4 is 28.9 Å². The maximum Gasteiger partial charge on any atom is 0.330 e. The van der Waals surface area contributed by atoms with Crippen LogP contribution in [0.15, 0.2) is 103 Å². The molecule has 0 aliphatic carbocycles. The lowest BCUT2D eigenvalue weighted by Crippen LogP contribution is -2.34. The molecule has 0 bridgehead atoms. The van der Waals surface area contributed by atoms with Crippen LogP contribution in [-0.2, 0) is 15.1 Å². The van der Waals surface area contributed by atoms with Gasteiger partial charge in [-0.2, -0.15) is 0 Å². The van der Waals surface area contributed by atoms with Gasteiger partial charge < -0.3 is 9.47 Å². The summed E-state index contributed by atoms with van der Waals surface area (Å²) in [5, 5.41) is 2.18. The van der Waals surface area contributed by atoms with Crippen molar-refractivity contribution < 1.29 is 14.3 Å². The van der Waals surface area contributed by atoms with Crippen molar-refractivity contribution in [3.8, 4) is 5.75 Å².